The van der Waals surface area contributed by atoms with Crippen molar-refractivity contribution >= 4 is 12.6 Å². The van der Waals surface area contributed by atoms with Crippen molar-refractivity contribution in [1.82, 2.24) is 0 Å². The van der Waals surface area contributed by atoms with Crippen molar-refractivity contribution in [3.63, 3.8) is 0 Å². The lowest BCUT2D eigenvalue weighted by molar-refractivity contribution is 0.928. The molecule has 0 aliphatic heterocycles. The summed E-state index contributed by atoms with van der Waals surface area (Å²) in [4.78, 5) is 0. The Hall–Kier alpha value is 0.350. The van der Waals surface area contributed by atoms with Crippen molar-refractivity contribution in [1.29, 1.82) is 0 Å². The normalized spacial score (nSPS) is 14.5. The minimum atomic E-state index is 0.537. The van der Waals surface area contributed by atoms with E-state index < -0.39 is 0 Å². The maximum Gasteiger partial charge on any atom is -0.000895 e. The number of hydrogen-bond acceptors (Lipinski definition) is 1. The first-order valence-corrected chi connectivity index (χ1v) is 2.75. The first-order valence-electron chi connectivity index (χ1n) is 2.23. The Balaban J connectivity index is 2.63. The van der Waals surface area contributed by atoms with E-state index in [1.54, 1.807) is 0 Å². The van der Waals surface area contributed by atoms with Gasteiger partial charge in [0.25, 0.3) is 0 Å². The Bertz CT molecular complexity index is 25.1. The molecule has 0 aromatic rings. The molecule has 0 N–H and O–H groups in total. The summed E-state index contributed by atoms with van der Waals surface area (Å²) >= 11 is 4.15. The van der Waals surface area contributed by atoms with E-state index >= 15 is 0 Å². The quantitative estimate of drug-likeness (QED) is 0.507. The summed E-state index contributed by atoms with van der Waals surface area (Å²) in [6.45, 7) is 4.13. The predicted molar refractivity (Wildman–Crippen MR) is 33.0 cm³/mol. The van der Waals surface area contributed by atoms with Gasteiger partial charge in [-0.25, -0.2) is 0 Å². The average molecular weight is 103 g/mol. The van der Waals surface area contributed by atoms with Crippen molar-refractivity contribution < 1.29 is 0 Å². The molecule has 0 aliphatic carbocycles. The SMILES string of the molecule is C[CH]CC(C)S. The second-order valence-electron chi connectivity index (χ2n) is 1.49. The van der Waals surface area contributed by atoms with E-state index in [-0.39, 0.29) is 0 Å². The highest BCUT2D eigenvalue weighted by atomic mass is 32.1. The summed E-state index contributed by atoms with van der Waals surface area (Å²) in [7, 11) is 0. The van der Waals surface area contributed by atoms with Crippen LogP contribution in [-0.4, -0.2) is 5.25 Å². The summed E-state index contributed by atoms with van der Waals surface area (Å²) in [6, 6.07) is 0. The van der Waals surface area contributed by atoms with Gasteiger partial charge < -0.3 is 0 Å². The third-order valence-electron chi connectivity index (χ3n) is 0.577. The third-order valence-corrected chi connectivity index (χ3v) is 0.788. The highest BCUT2D eigenvalue weighted by Crippen LogP contribution is 1.99. The molecule has 1 atom stereocenters. The minimum absolute atomic E-state index is 0.537. The lowest BCUT2D eigenvalue weighted by atomic mass is 10.3. The van der Waals surface area contributed by atoms with E-state index in [0.717, 1.165) is 6.42 Å². The van der Waals surface area contributed by atoms with Crippen molar-refractivity contribution in [3.8, 4) is 0 Å². The molecule has 0 fully saturated rings. The molecule has 1 unspecified atom stereocenters. The molecule has 0 aromatic heterocycles. The van der Waals surface area contributed by atoms with Gasteiger partial charge in [-0.2, -0.15) is 12.6 Å². The lowest BCUT2D eigenvalue weighted by Crippen LogP contribution is -1.86. The van der Waals surface area contributed by atoms with Crippen LogP contribution in [0.3, 0.4) is 0 Å². The highest BCUT2D eigenvalue weighted by Gasteiger charge is 1.86. The monoisotopic (exact) mass is 103 g/mol. The number of thiol groups is 1. The molecule has 0 aliphatic rings. The van der Waals surface area contributed by atoms with Crippen LogP contribution in [0.1, 0.15) is 20.3 Å². The molecule has 0 aromatic carbocycles. The Labute approximate surface area is 45.4 Å². The van der Waals surface area contributed by atoms with Gasteiger partial charge in [0.05, 0.1) is 0 Å². The summed E-state index contributed by atoms with van der Waals surface area (Å²) in [5.41, 5.74) is 0. The zero-order valence-corrected chi connectivity index (χ0v) is 5.20. The van der Waals surface area contributed by atoms with Crippen LogP contribution in [0.4, 0.5) is 0 Å². The molecular formula is C5H11S. The molecule has 0 bridgehead atoms. The second-order valence-corrected chi connectivity index (χ2v) is 2.37. The van der Waals surface area contributed by atoms with Crippen molar-refractivity contribution in [2.24, 2.45) is 0 Å². The topological polar surface area (TPSA) is 0 Å². The van der Waals surface area contributed by atoms with Crippen LogP contribution in [0, 0.1) is 6.42 Å². The van der Waals surface area contributed by atoms with Crippen molar-refractivity contribution in [3.05, 3.63) is 6.42 Å². The molecule has 1 radical (unpaired) electrons. The first kappa shape index (κ1) is 6.35. The molecule has 0 nitrogen and oxygen atoms in total. The maximum absolute atomic E-state index is 4.15. The summed E-state index contributed by atoms with van der Waals surface area (Å²) in [5, 5.41) is 0.537. The van der Waals surface area contributed by atoms with Gasteiger partial charge in [-0.1, -0.05) is 13.8 Å². The molecular weight excluding hydrogens is 92.1 g/mol. The predicted octanol–water partition coefficient (Wildman–Crippen LogP) is 1.92. The largest absolute Gasteiger partial charge is 0.176 e. The van der Waals surface area contributed by atoms with Crippen LogP contribution in [-0.2, 0) is 0 Å². The first-order chi connectivity index (χ1) is 2.77. The fourth-order valence-electron chi connectivity index (χ4n) is 0.341. The van der Waals surface area contributed by atoms with Crippen molar-refractivity contribution in [2.75, 3.05) is 0 Å². The minimum Gasteiger partial charge on any atom is -0.176 e. The Morgan fingerprint density at radius 3 is 2.33 bits per heavy atom. The lowest BCUT2D eigenvalue weighted by Gasteiger charge is -1.94. The number of hydrogen-bond donors (Lipinski definition) is 1. The fraction of sp³-hybridized carbons (Fsp3) is 0.800. The van der Waals surface area contributed by atoms with Crippen LogP contribution in [0.5, 0.6) is 0 Å². The third kappa shape index (κ3) is 4.35. The van der Waals surface area contributed by atoms with Gasteiger partial charge >= 0.3 is 0 Å². The Morgan fingerprint density at radius 1 is 1.83 bits per heavy atom. The van der Waals surface area contributed by atoms with Crippen LogP contribution < -0.4 is 0 Å². The molecule has 37 valence electrons. The van der Waals surface area contributed by atoms with Crippen LogP contribution in [0.25, 0.3) is 0 Å². The van der Waals surface area contributed by atoms with E-state index in [0.29, 0.717) is 5.25 Å². The van der Waals surface area contributed by atoms with Crippen molar-refractivity contribution in [2.45, 2.75) is 25.5 Å². The van der Waals surface area contributed by atoms with Gasteiger partial charge in [-0.15, -0.1) is 0 Å². The fourth-order valence-corrected chi connectivity index (χ4v) is 0.552. The zero-order valence-electron chi connectivity index (χ0n) is 4.31. The van der Waals surface area contributed by atoms with E-state index in [4.69, 9.17) is 0 Å². The maximum atomic E-state index is 4.15. The van der Waals surface area contributed by atoms with Gasteiger partial charge in [0.1, 0.15) is 0 Å². The smallest absolute Gasteiger partial charge is 0.000895 e. The molecule has 1 heteroatoms. The molecule has 0 saturated heterocycles. The molecule has 0 spiro atoms. The van der Waals surface area contributed by atoms with Gasteiger partial charge in [0.15, 0.2) is 0 Å². The summed E-state index contributed by atoms with van der Waals surface area (Å²) in [5.74, 6) is 0. The van der Waals surface area contributed by atoms with Gasteiger partial charge in [0, 0.05) is 0 Å². The summed E-state index contributed by atoms with van der Waals surface area (Å²) < 4.78 is 0. The van der Waals surface area contributed by atoms with Crippen LogP contribution >= 0.6 is 12.6 Å². The van der Waals surface area contributed by atoms with E-state index in [9.17, 15) is 0 Å². The molecule has 0 rings (SSSR count). The Morgan fingerprint density at radius 2 is 2.33 bits per heavy atom. The highest BCUT2D eigenvalue weighted by molar-refractivity contribution is 7.80. The molecule has 0 saturated carbocycles. The molecule has 0 amide bonds. The van der Waals surface area contributed by atoms with Gasteiger partial charge in [-0.3, -0.25) is 0 Å². The van der Waals surface area contributed by atoms with E-state index in [1.807, 2.05) is 6.92 Å². The van der Waals surface area contributed by atoms with Gasteiger partial charge in [-0.05, 0) is 18.1 Å². The van der Waals surface area contributed by atoms with E-state index in [2.05, 4.69) is 26.0 Å². The molecule has 6 heavy (non-hydrogen) atoms. The standard InChI is InChI=1S/C5H11S/c1-3-4-5(2)6/h3,5-6H,4H2,1-2H3. The number of rotatable bonds is 2. The molecule has 0 heterocycles. The van der Waals surface area contributed by atoms with Crippen LogP contribution in [0.15, 0.2) is 0 Å². The second kappa shape index (κ2) is 3.54. The summed E-state index contributed by atoms with van der Waals surface area (Å²) in [6.07, 6.45) is 3.24. The van der Waals surface area contributed by atoms with Gasteiger partial charge in [0.2, 0.25) is 0 Å². The Kier molecular flexibility index (Phi) is 3.74. The zero-order chi connectivity index (χ0) is 4.99. The van der Waals surface area contributed by atoms with E-state index in [1.165, 1.54) is 0 Å². The average Bonchev–Trinajstić information content (AvgIpc) is 1.35. The van der Waals surface area contributed by atoms with Crippen LogP contribution in [0.2, 0.25) is 0 Å².